The third-order valence-corrected chi connectivity index (χ3v) is 9.56. The van der Waals surface area contributed by atoms with Gasteiger partial charge in [0, 0.05) is 31.3 Å². The van der Waals surface area contributed by atoms with Crippen molar-refractivity contribution in [1.29, 1.82) is 0 Å². The van der Waals surface area contributed by atoms with Gasteiger partial charge in [-0.15, -0.1) is 0 Å². The Labute approximate surface area is 325 Å². The maximum Gasteiger partial charge on any atom is 0.330 e. The van der Waals surface area contributed by atoms with Gasteiger partial charge in [-0.1, -0.05) is 68.4 Å². The van der Waals surface area contributed by atoms with E-state index in [0.717, 1.165) is 16.7 Å². The van der Waals surface area contributed by atoms with Crippen molar-refractivity contribution in [2.24, 2.45) is 5.73 Å². The van der Waals surface area contributed by atoms with E-state index >= 15 is 0 Å². The second kappa shape index (κ2) is 19.5. The summed E-state index contributed by atoms with van der Waals surface area (Å²) >= 11 is 0. The highest BCUT2D eigenvalue weighted by Gasteiger charge is 2.51. The molecule has 300 valence electrons. The number of hydrogen-bond acceptors (Lipinski definition) is 12. The molecule has 4 aromatic rings. The number of nitrogens with two attached hydrogens (primary N) is 1. The summed E-state index contributed by atoms with van der Waals surface area (Å²) in [4.78, 5) is 58.9. The highest BCUT2D eigenvalue weighted by Crippen LogP contribution is 2.43. The first-order valence-electron chi connectivity index (χ1n) is 18.5. The van der Waals surface area contributed by atoms with Gasteiger partial charge in [0.05, 0.1) is 40.5 Å². The average Bonchev–Trinajstić information content (AvgIpc) is 3.55. The monoisotopic (exact) mass is 774 g/mol. The van der Waals surface area contributed by atoms with Gasteiger partial charge in [0.2, 0.25) is 5.91 Å². The van der Waals surface area contributed by atoms with E-state index in [9.17, 15) is 19.2 Å². The zero-order chi connectivity index (χ0) is 40.2. The Morgan fingerprint density at radius 1 is 0.839 bits per heavy atom. The van der Waals surface area contributed by atoms with Gasteiger partial charge in [0.1, 0.15) is 29.3 Å². The molecule has 0 radical (unpaired) electrons. The number of aryl methyl sites for hydroxylation is 1. The second-order valence-corrected chi connectivity index (χ2v) is 13.1. The third-order valence-electron chi connectivity index (χ3n) is 9.56. The van der Waals surface area contributed by atoms with Crippen molar-refractivity contribution in [3.8, 4) is 11.5 Å². The van der Waals surface area contributed by atoms with Gasteiger partial charge in [-0.05, 0) is 47.9 Å². The molecule has 1 aliphatic rings. The van der Waals surface area contributed by atoms with Crippen LogP contribution in [0.1, 0.15) is 55.2 Å². The third kappa shape index (κ3) is 9.72. The molecule has 0 saturated carbocycles. The summed E-state index contributed by atoms with van der Waals surface area (Å²) in [6.07, 6.45) is -3.69. The van der Waals surface area contributed by atoms with Crippen LogP contribution in [0.3, 0.4) is 0 Å². The number of H-pyrrole nitrogens is 1. The quantitative estimate of drug-likeness (QED) is 0.0577. The van der Waals surface area contributed by atoms with Crippen LogP contribution in [0.5, 0.6) is 11.5 Å². The van der Waals surface area contributed by atoms with Gasteiger partial charge in [-0.25, -0.2) is 4.79 Å². The zero-order valence-electron chi connectivity index (χ0n) is 32.3. The van der Waals surface area contributed by atoms with Crippen molar-refractivity contribution >= 4 is 11.9 Å². The van der Waals surface area contributed by atoms with Crippen LogP contribution in [-0.2, 0) is 39.0 Å². The molecule has 15 nitrogen and oxygen atoms in total. The SMILES string of the molecule is CCN(CC)OCCO[C@@H]1[C@H](OC(=O)CCC(N)=O)[C@@H](COC(c2ccccc2)(c2ccc(OC)cc2)c2ccc(OC)cc2)O[C@H]1n1cc(C)c(=O)[nH]c1=O. The smallest absolute Gasteiger partial charge is 0.330 e. The first kappa shape index (κ1) is 41.8. The normalized spacial score (nSPS) is 18.2. The molecule has 4 atom stereocenters. The lowest BCUT2D eigenvalue weighted by molar-refractivity contribution is -0.179. The zero-order valence-corrected chi connectivity index (χ0v) is 32.3. The Bertz CT molecular complexity index is 1950. The Hall–Kier alpha value is -5.32. The summed E-state index contributed by atoms with van der Waals surface area (Å²) in [6.45, 7) is 6.70. The summed E-state index contributed by atoms with van der Waals surface area (Å²) in [5.41, 5.74) is 5.27. The van der Waals surface area contributed by atoms with Crippen LogP contribution in [0.15, 0.2) is 94.6 Å². The fraction of sp³-hybridized carbons (Fsp3) is 0.415. The number of nitrogens with zero attached hydrogens (tertiary/aromatic N) is 2. The summed E-state index contributed by atoms with van der Waals surface area (Å²) in [6, 6.07) is 24.5. The molecule has 1 aliphatic heterocycles. The van der Waals surface area contributed by atoms with Crippen molar-refractivity contribution in [3.05, 3.63) is 128 Å². The van der Waals surface area contributed by atoms with Gasteiger partial charge >= 0.3 is 11.7 Å². The standard InChI is InChI=1S/C41H50N4O11/c1-6-44(7-2)54-24-23-52-37-36(56-35(47)22-21-34(42)46)33(55-39(37)45-25-27(3)38(48)43-40(45)49)26-53-41(28-11-9-8-10-12-28,29-13-17-31(50-4)18-14-29)30-15-19-32(51-5)20-16-30/h8-20,25,33,36-37,39H,6-7,21-24,26H2,1-5H3,(H2,42,46)(H,43,48,49)/t33-,36-,37-,39-/m1/s1. The number of aromatic nitrogens is 2. The number of carbonyl (C=O) groups is 2. The number of esters is 1. The van der Waals surface area contributed by atoms with Crippen LogP contribution < -0.4 is 26.5 Å². The second-order valence-electron chi connectivity index (χ2n) is 13.1. The summed E-state index contributed by atoms with van der Waals surface area (Å²) in [7, 11) is 3.17. The molecule has 2 heterocycles. The minimum absolute atomic E-state index is 0.0205. The minimum Gasteiger partial charge on any atom is -0.497 e. The molecule has 3 aromatic carbocycles. The van der Waals surface area contributed by atoms with Gasteiger partial charge in [0.15, 0.2) is 12.3 Å². The van der Waals surface area contributed by atoms with Crippen LogP contribution in [0.25, 0.3) is 0 Å². The van der Waals surface area contributed by atoms with Crippen molar-refractivity contribution in [1.82, 2.24) is 14.6 Å². The van der Waals surface area contributed by atoms with E-state index in [4.69, 9.17) is 39.0 Å². The number of carbonyl (C=O) groups excluding carboxylic acids is 2. The van der Waals surface area contributed by atoms with Crippen LogP contribution >= 0.6 is 0 Å². The maximum absolute atomic E-state index is 13.3. The number of ether oxygens (including phenoxy) is 6. The van der Waals surface area contributed by atoms with E-state index in [1.165, 1.54) is 10.8 Å². The Balaban J connectivity index is 1.61. The van der Waals surface area contributed by atoms with Gasteiger partial charge in [-0.2, -0.15) is 5.06 Å². The van der Waals surface area contributed by atoms with Crippen molar-refractivity contribution in [3.63, 3.8) is 0 Å². The lowest BCUT2D eigenvalue weighted by atomic mass is 9.80. The summed E-state index contributed by atoms with van der Waals surface area (Å²) in [5, 5.41) is 1.75. The molecule has 5 rings (SSSR count). The number of hydrogen-bond donors (Lipinski definition) is 2. The molecule has 15 heteroatoms. The molecule has 0 spiro atoms. The predicted molar refractivity (Wildman–Crippen MR) is 205 cm³/mol. The average molecular weight is 775 g/mol. The maximum atomic E-state index is 13.3. The number of primary amides is 1. The van der Waals surface area contributed by atoms with Gasteiger partial charge in [0.25, 0.3) is 5.56 Å². The highest BCUT2D eigenvalue weighted by molar-refractivity contribution is 5.80. The fourth-order valence-corrected chi connectivity index (χ4v) is 6.64. The number of aromatic amines is 1. The molecule has 56 heavy (non-hydrogen) atoms. The molecular weight excluding hydrogens is 724 g/mol. The topological polar surface area (TPSA) is 183 Å². The molecule has 1 fully saturated rings. The minimum atomic E-state index is -1.28. The summed E-state index contributed by atoms with van der Waals surface area (Å²) in [5.74, 6) is -0.129. The number of amides is 1. The molecule has 0 aliphatic carbocycles. The first-order valence-corrected chi connectivity index (χ1v) is 18.5. The van der Waals surface area contributed by atoms with Gasteiger partial charge < -0.3 is 34.2 Å². The lowest BCUT2D eigenvalue weighted by Gasteiger charge is -2.37. The van der Waals surface area contributed by atoms with Crippen LogP contribution in [0, 0.1) is 6.92 Å². The van der Waals surface area contributed by atoms with Crippen molar-refractivity contribution in [2.45, 2.75) is 63.8 Å². The Kier molecular flexibility index (Phi) is 14.6. The molecule has 1 saturated heterocycles. The number of benzene rings is 3. The van der Waals surface area contributed by atoms with Crippen LogP contribution in [-0.4, -0.2) is 91.9 Å². The molecular formula is C41H50N4O11. The van der Waals surface area contributed by atoms with E-state index in [0.29, 0.717) is 24.6 Å². The van der Waals surface area contributed by atoms with E-state index < -0.39 is 53.3 Å². The van der Waals surface area contributed by atoms with Crippen molar-refractivity contribution < 1.29 is 42.8 Å². The molecule has 3 N–H and O–H groups in total. The number of nitrogens with one attached hydrogen (secondary N) is 1. The molecule has 0 unspecified atom stereocenters. The molecule has 1 aromatic heterocycles. The van der Waals surface area contributed by atoms with Crippen molar-refractivity contribution in [2.75, 3.05) is 47.1 Å². The Morgan fingerprint density at radius 3 is 1.98 bits per heavy atom. The fourth-order valence-electron chi connectivity index (χ4n) is 6.64. The lowest BCUT2D eigenvalue weighted by Crippen LogP contribution is -2.44. The number of methoxy groups -OCH3 is 2. The molecule has 1 amide bonds. The number of hydroxylamine groups is 2. The van der Waals surface area contributed by atoms with Crippen LogP contribution in [0.4, 0.5) is 0 Å². The number of rotatable bonds is 20. The highest BCUT2D eigenvalue weighted by atomic mass is 16.7. The van der Waals surface area contributed by atoms with E-state index in [1.54, 1.807) is 26.2 Å². The first-order chi connectivity index (χ1) is 27.0. The van der Waals surface area contributed by atoms with E-state index in [1.807, 2.05) is 92.7 Å². The predicted octanol–water partition coefficient (Wildman–Crippen LogP) is 3.60. The Morgan fingerprint density at radius 2 is 1.43 bits per heavy atom. The van der Waals surface area contributed by atoms with E-state index in [2.05, 4.69) is 4.98 Å². The van der Waals surface area contributed by atoms with Crippen LogP contribution in [0.2, 0.25) is 0 Å². The molecule has 0 bridgehead atoms. The van der Waals surface area contributed by atoms with Gasteiger partial charge in [-0.3, -0.25) is 28.8 Å². The van der Waals surface area contributed by atoms with E-state index in [-0.39, 0.29) is 38.2 Å². The largest absolute Gasteiger partial charge is 0.497 e. The summed E-state index contributed by atoms with van der Waals surface area (Å²) < 4.78 is 38.3.